The number of aromatic nitrogens is 2. The van der Waals surface area contributed by atoms with Gasteiger partial charge in [0.15, 0.2) is 11.4 Å². The zero-order valence-electron chi connectivity index (χ0n) is 12.1. The number of nitrogens with two attached hydrogens (primary N) is 1. The highest BCUT2D eigenvalue weighted by Crippen LogP contribution is 2.21. The van der Waals surface area contributed by atoms with Gasteiger partial charge < -0.3 is 15.7 Å². The topological polar surface area (TPSA) is 84.4 Å². The zero-order chi connectivity index (χ0) is 14.8. The third kappa shape index (κ3) is 3.23. The minimum absolute atomic E-state index is 0. The van der Waals surface area contributed by atoms with Crippen molar-refractivity contribution in [2.75, 3.05) is 13.1 Å². The summed E-state index contributed by atoms with van der Waals surface area (Å²) in [6, 6.07) is 9.53. The Balaban J connectivity index is 0.00000176. The van der Waals surface area contributed by atoms with E-state index in [1.807, 2.05) is 30.3 Å². The fraction of sp³-hybridized carbons (Fsp3) is 0.333. The van der Waals surface area contributed by atoms with Crippen molar-refractivity contribution in [2.45, 2.75) is 18.9 Å². The molecular formula is C15H19ClN4O2. The van der Waals surface area contributed by atoms with Gasteiger partial charge in [-0.3, -0.25) is 4.79 Å². The highest BCUT2D eigenvalue weighted by Gasteiger charge is 2.26. The number of carbonyl (C=O) groups excluding carboxylic acids is 1. The molecule has 1 saturated heterocycles. The molecule has 0 radical (unpaired) electrons. The minimum Gasteiger partial charge on any atom is -0.504 e. The molecule has 0 aliphatic carbocycles. The van der Waals surface area contributed by atoms with Crippen molar-refractivity contribution in [1.29, 1.82) is 0 Å². The van der Waals surface area contributed by atoms with Gasteiger partial charge in [-0.15, -0.1) is 12.4 Å². The maximum absolute atomic E-state index is 12.4. The van der Waals surface area contributed by atoms with Crippen molar-refractivity contribution in [2.24, 2.45) is 5.73 Å². The molecule has 2 aromatic rings. The van der Waals surface area contributed by atoms with Gasteiger partial charge >= 0.3 is 0 Å². The van der Waals surface area contributed by atoms with Gasteiger partial charge in [0.1, 0.15) is 0 Å². The Morgan fingerprint density at radius 1 is 1.23 bits per heavy atom. The molecule has 2 heterocycles. The monoisotopic (exact) mass is 322 g/mol. The SMILES string of the molecule is Cl.NC1CCN(C(=O)c2nn(-c3ccccc3)cc2O)CC1. The number of halogens is 1. The summed E-state index contributed by atoms with van der Waals surface area (Å²) in [6.07, 6.45) is 3.02. The Hall–Kier alpha value is -2.05. The number of hydrogen-bond acceptors (Lipinski definition) is 4. The van der Waals surface area contributed by atoms with Crippen LogP contribution in [0.4, 0.5) is 0 Å². The van der Waals surface area contributed by atoms with Crippen LogP contribution in [0.5, 0.6) is 5.75 Å². The zero-order valence-corrected chi connectivity index (χ0v) is 12.9. The summed E-state index contributed by atoms with van der Waals surface area (Å²) in [5, 5.41) is 14.2. The molecule has 1 fully saturated rings. The van der Waals surface area contributed by atoms with Gasteiger partial charge in [-0.25, -0.2) is 4.68 Å². The lowest BCUT2D eigenvalue weighted by Crippen LogP contribution is -2.43. The molecule has 0 unspecified atom stereocenters. The van der Waals surface area contributed by atoms with E-state index < -0.39 is 0 Å². The molecule has 118 valence electrons. The van der Waals surface area contributed by atoms with E-state index in [4.69, 9.17) is 5.73 Å². The molecule has 7 heteroatoms. The van der Waals surface area contributed by atoms with Crippen molar-refractivity contribution < 1.29 is 9.90 Å². The number of carbonyl (C=O) groups is 1. The van der Waals surface area contributed by atoms with Crippen LogP contribution in [0, 0.1) is 0 Å². The first kappa shape index (κ1) is 16.3. The fourth-order valence-electron chi connectivity index (χ4n) is 2.48. The number of amides is 1. The van der Waals surface area contributed by atoms with Gasteiger partial charge in [0.05, 0.1) is 11.9 Å². The summed E-state index contributed by atoms with van der Waals surface area (Å²) in [6.45, 7) is 1.22. The number of nitrogens with zero attached hydrogens (tertiary/aromatic N) is 3. The molecule has 0 bridgehead atoms. The molecule has 0 saturated carbocycles. The molecule has 6 nitrogen and oxygen atoms in total. The van der Waals surface area contributed by atoms with Crippen molar-refractivity contribution >= 4 is 18.3 Å². The first-order valence-electron chi connectivity index (χ1n) is 7.04. The largest absolute Gasteiger partial charge is 0.504 e. The second-order valence-electron chi connectivity index (χ2n) is 5.27. The summed E-state index contributed by atoms with van der Waals surface area (Å²) < 4.78 is 1.51. The highest BCUT2D eigenvalue weighted by molar-refractivity contribution is 5.94. The number of aromatic hydroxyl groups is 1. The number of rotatable bonds is 2. The van der Waals surface area contributed by atoms with Gasteiger partial charge in [-0.05, 0) is 25.0 Å². The van der Waals surface area contributed by atoms with Crippen LogP contribution in [0.1, 0.15) is 23.3 Å². The Kier molecular flexibility index (Phi) is 5.05. The van der Waals surface area contributed by atoms with E-state index in [2.05, 4.69) is 5.10 Å². The molecule has 0 spiro atoms. The number of piperidine rings is 1. The Morgan fingerprint density at radius 2 is 1.86 bits per heavy atom. The lowest BCUT2D eigenvalue weighted by Gasteiger charge is -2.29. The van der Waals surface area contributed by atoms with E-state index in [1.165, 1.54) is 10.9 Å². The van der Waals surface area contributed by atoms with E-state index in [0.29, 0.717) is 13.1 Å². The summed E-state index contributed by atoms with van der Waals surface area (Å²) in [4.78, 5) is 14.1. The molecule has 1 aliphatic rings. The van der Waals surface area contributed by atoms with Gasteiger partial charge in [0.2, 0.25) is 0 Å². The Labute approximate surface area is 134 Å². The van der Waals surface area contributed by atoms with Crippen molar-refractivity contribution in [1.82, 2.24) is 14.7 Å². The Bertz CT molecular complexity index is 636. The summed E-state index contributed by atoms with van der Waals surface area (Å²) >= 11 is 0. The molecule has 1 aromatic carbocycles. The standard InChI is InChI=1S/C15H18N4O2.ClH/c16-11-6-8-18(9-7-11)15(21)14-13(20)10-19(17-14)12-4-2-1-3-5-12;/h1-5,10-11,20H,6-9,16H2;1H. The van der Waals surface area contributed by atoms with Crippen LogP contribution in [0.15, 0.2) is 36.5 Å². The van der Waals surface area contributed by atoms with Gasteiger partial charge in [0.25, 0.3) is 5.91 Å². The van der Waals surface area contributed by atoms with Gasteiger partial charge in [0, 0.05) is 19.1 Å². The molecule has 3 rings (SSSR count). The first-order chi connectivity index (χ1) is 10.1. The van der Waals surface area contributed by atoms with Crippen LogP contribution >= 0.6 is 12.4 Å². The van der Waals surface area contributed by atoms with Crippen LogP contribution in [-0.4, -0.2) is 44.8 Å². The molecule has 3 N–H and O–H groups in total. The van der Waals surface area contributed by atoms with E-state index >= 15 is 0 Å². The quantitative estimate of drug-likeness (QED) is 0.879. The molecule has 0 atom stereocenters. The van der Waals surface area contributed by atoms with Crippen LogP contribution in [0.25, 0.3) is 5.69 Å². The highest BCUT2D eigenvalue weighted by atomic mass is 35.5. The van der Waals surface area contributed by atoms with E-state index in [-0.39, 0.29) is 35.8 Å². The summed E-state index contributed by atoms with van der Waals surface area (Å²) in [7, 11) is 0. The summed E-state index contributed by atoms with van der Waals surface area (Å²) in [5.41, 5.74) is 6.73. The number of hydrogen-bond donors (Lipinski definition) is 2. The predicted molar refractivity (Wildman–Crippen MR) is 85.6 cm³/mol. The average Bonchev–Trinajstić information content (AvgIpc) is 2.90. The first-order valence-corrected chi connectivity index (χ1v) is 7.04. The number of para-hydroxylation sites is 1. The lowest BCUT2D eigenvalue weighted by molar-refractivity contribution is 0.0705. The third-order valence-corrected chi connectivity index (χ3v) is 3.75. The van der Waals surface area contributed by atoms with Crippen LogP contribution < -0.4 is 5.73 Å². The lowest BCUT2D eigenvalue weighted by atomic mass is 10.1. The normalized spacial score (nSPS) is 15.4. The van der Waals surface area contributed by atoms with Crippen LogP contribution in [0.2, 0.25) is 0 Å². The fourth-order valence-corrected chi connectivity index (χ4v) is 2.48. The van der Waals surface area contributed by atoms with Crippen LogP contribution in [-0.2, 0) is 0 Å². The summed E-state index contributed by atoms with van der Waals surface area (Å²) in [5.74, 6) is -0.340. The van der Waals surface area contributed by atoms with Crippen molar-refractivity contribution in [3.05, 3.63) is 42.2 Å². The third-order valence-electron chi connectivity index (χ3n) is 3.75. The van der Waals surface area contributed by atoms with Crippen LogP contribution in [0.3, 0.4) is 0 Å². The van der Waals surface area contributed by atoms with Crippen molar-refractivity contribution in [3.63, 3.8) is 0 Å². The Morgan fingerprint density at radius 3 is 2.50 bits per heavy atom. The molecule has 1 amide bonds. The van der Waals surface area contributed by atoms with Gasteiger partial charge in [-0.2, -0.15) is 5.10 Å². The molecule has 1 aromatic heterocycles. The van der Waals surface area contributed by atoms with Crippen molar-refractivity contribution in [3.8, 4) is 11.4 Å². The maximum Gasteiger partial charge on any atom is 0.278 e. The molecular weight excluding hydrogens is 304 g/mol. The smallest absolute Gasteiger partial charge is 0.278 e. The minimum atomic E-state index is -0.242. The molecule has 1 aliphatic heterocycles. The predicted octanol–water partition coefficient (Wildman–Crippen LogP) is 1.56. The number of benzene rings is 1. The van der Waals surface area contributed by atoms with Gasteiger partial charge in [-0.1, -0.05) is 18.2 Å². The average molecular weight is 323 g/mol. The van der Waals surface area contributed by atoms with E-state index in [0.717, 1.165) is 18.5 Å². The van der Waals surface area contributed by atoms with E-state index in [1.54, 1.807) is 4.90 Å². The number of likely N-dealkylation sites (tertiary alicyclic amines) is 1. The second kappa shape index (κ2) is 6.81. The second-order valence-corrected chi connectivity index (χ2v) is 5.27. The maximum atomic E-state index is 12.4. The molecule has 22 heavy (non-hydrogen) atoms. The van der Waals surface area contributed by atoms with E-state index in [9.17, 15) is 9.90 Å².